The number of carbonyl (C=O) groups excluding carboxylic acids is 2. The second-order valence-corrected chi connectivity index (χ2v) is 6.97. The number of benzene rings is 2. The fourth-order valence-corrected chi connectivity index (χ4v) is 3.11. The fraction of sp³-hybridized carbons (Fsp3) is 0.217. The lowest BCUT2D eigenvalue weighted by Crippen LogP contribution is -2.40. The second kappa shape index (κ2) is 8.62. The SMILES string of the molecule is C#Cc1cccc(N(CC(=O)NC)C(=O)c2nn(-c3ccc(C)cc3C)nc2C)c1. The van der Waals surface area contributed by atoms with E-state index in [1.165, 1.54) is 16.7 Å². The first-order valence-electron chi connectivity index (χ1n) is 9.44. The van der Waals surface area contributed by atoms with Crippen LogP contribution >= 0.6 is 0 Å². The average molecular weight is 401 g/mol. The number of nitrogens with one attached hydrogen (secondary N) is 1. The molecule has 2 amide bonds. The van der Waals surface area contributed by atoms with Crippen LogP contribution in [0.1, 0.15) is 32.9 Å². The molecule has 2 aromatic carbocycles. The lowest BCUT2D eigenvalue weighted by molar-refractivity contribution is -0.119. The van der Waals surface area contributed by atoms with E-state index >= 15 is 0 Å². The summed E-state index contributed by atoms with van der Waals surface area (Å²) in [6.45, 7) is 5.52. The van der Waals surface area contributed by atoms with Crippen molar-refractivity contribution in [3.8, 4) is 18.0 Å². The van der Waals surface area contributed by atoms with Gasteiger partial charge in [-0.15, -0.1) is 11.5 Å². The Bertz CT molecular complexity index is 1160. The third-order valence-corrected chi connectivity index (χ3v) is 4.70. The normalized spacial score (nSPS) is 10.4. The number of likely N-dealkylation sites (N-methyl/N-ethyl adjacent to an activating group) is 1. The number of hydrogen-bond acceptors (Lipinski definition) is 4. The molecule has 3 aromatic rings. The van der Waals surface area contributed by atoms with Crippen LogP contribution in [0.2, 0.25) is 0 Å². The van der Waals surface area contributed by atoms with Crippen molar-refractivity contribution in [3.63, 3.8) is 0 Å². The Labute approximate surface area is 175 Å². The number of nitrogens with zero attached hydrogens (tertiary/aromatic N) is 4. The number of aromatic nitrogens is 3. The standard InChI is InChI=1S/C23H23N5O2/c1-6-18-8-7-9-19(13-18)27(14-21(29)24-5)23(30)22-17(4)25-28(26-22)20-11-10-15(2)12-16(20)3/h1,7-13H,14H2,2-5H3,(H,24,29). The first kappa shape index (κ1) is 20.8. The Morgan fingerprint density at radius 2 is 1.90 bits per heavy atom. The van der Waals surface area contributed by atoms with Gasteiger partial charge in [0.1, 0.15) is 6.54 Å². The summed E-state index contributed by atoms with van der Waals surface area (Å²) in [6.07, 6.45) is 5.49. The van der Waals surface area contributed by atoms with E-state index in [2.05, 4.69) is 21.4 Å². The maximum absolute atomic E-state index is 13.4. The monoisotopic (exact) mass is 401 g/mol. The highest BCUT2D eigenvalue weighted by Gasteiger charge is 2.26. The number of carbonyl (C=O) groups is 2. The molecule has 0 atom stereocenters. The lowest BCUT2D eigenvalue weighted by atomic mass is 10.1. The minimum absolute atomic E-state index is 0.167. The minimum atomic E-state index is -0.429. The molecule has 0 saturated carbocycles. The highest BCUT2D eigenvalue weighted by atomic mass is 16.2. The van der Waals surface area contributed by atoms with Gasteiger partial charge in [0.15, 0.2) is 5.69 Å². The van der Waals surface area contributed by atoms with E-state index in [4.69, 9.17) is 6.42 Å². The van der Waals surface area contributed by atoms with Gasteiger partial charge in [0.25, 0.3) is 5.91 Å². The first-order chi connectivity index (χ1) is 14.3. The van der Waals surface area contributed by atoms with E-state index in [1.54, 1.807) is 31.2 Å². The molecule has 1 heterocycles. The van der Waals surface area contributed by atoms with Crippen LogP contribution in [-0.4, -0.2) is 40.4 Å². The van der Waals surface area contributed by atoms with Gasteiger partial charge < -0.3 is 5.32 Å². The zero-order valence-corrected chi connectivity index (χ0v) is 17.4. The molecule has 0 aliphatic rings. The third-order valence-electron chi connectivity index (χ3n) is 4.70. The predicted octanol–water partition coefficient (Wildman–Crippen LogP) is 2.57. The highest BCUT2D eigenvalue weighted by molar-refractivity contribution is 6.08. The minimum Gasteiger partial charge on any atom is -0.358 e. The van der Waals surface area contributed by atoms with Crippen LogP contribution in [-0.2, 0) is 4.79 Å². The third kappa shape index (κ3) is 4.23. The molecule has 30 heavy (non-hydrogen) atoms. The van der Waals surface area contributed by atoms with Crippen molar-refractivity contribution < 1.29 is 9.59 Å². The number of terminal acetylenes is 1. The van der Waals surface area contributed by atoms with E-state index in [0.29, 0.717) is 16.9 Å². The van der Waals surface area contributed by atoms with Crippen molar-refractivity contribution in [1.29, 1.82) is 0 Å². The Morgan fingerprint density at radius 3 is 2.57 bits per heavy atom. The summed E-state index contributed by atoms with van der Waals surface area (Å²) in [5.41, 5.74) is 4.67. The van der Waals surface area contributed by atoms with E-state index in [-0.39, 0.29) is 18.1 Å². The molecule has 0 aliphatic heterocycles. The summed E-state index contributed by atoms with van der Waals surface area (Å²) in [6, 6.07) is 12.8. The molecule has 0 fully saturated rings. The molecule has 1 aromatic heterocycles. The molecule has 1 N–H and O–H groups in total. The lowest BCUT2D eigenvalue weighted by Gasteiger charge is -2.21. The van der Waals surface area contributed by atoms with Gasteiger partial charge in [0.05, 0.1) is 11.4 Å². The fourth-order valence-electron chi connectivity index (χ4n) is 3.11. The maximum atomic E-state index is 13.4. The molecule has 0 saturated heterocycles. The summed E-state index contributed by atoms with van der Waals surface area (Å²) in [4.78, 5) is 28.3. The van der Waals surface area contributed by atoms with Gasteiger partial charge in [-0.1, -0.05) is 29.7 Å². The van der Waals surface area contributed by atoms with Crippen LogP contribution < -0.4 is 10.2 Å². The van der Waals surface area contributed by atoms with Gasteiger partial charge in [0, 0.05) is 18.3 Å². The molecular weight excluding hydrogens is 378 g/mol. The van der Waals surface area contributed by atoms with Crippen molar-refractivity contribution in [3.05, 3.63) is 70.5 Å². The van der Waals surface area contributed by atoms with Crippen molar-refractivity contribution in [2.45, 2.75) is 20.8 Å². The molecule has 0 unspecified atom stereocenters. The second-order valence-electron chi connectivity index (χ2n) is 6.97. The molecule has 3 rings (SSSR count). The maximum Gasteiger partial charge on any atom is 0.281 e. The van der Waals surface area contributed by atoms with Gasteiger partial charge in [0.2, 0.25) is 5.91 Å². The van der Waals surface area contributed by atoms with Crippen LogP contribution in [0.3, 0.4) is 0 Å². The molecular formula is C23H23N5O2. The predicted molar refractivity (Wildman–Crippen MR) is 116 cm³/mol. The summed E-state index contributed by atoms with van der Waals surface area (Å²) in [5, 5.41) is 11.4. The van der Waals surface area contributed by atoms with Gasteiger partial charge in [-0.05, 0) is 50.6 Å². The number of hydrogen-bond donors (Lipinski definition) is 1. The van der Waals surface area contributed by atoms with Crippen molar-refractivity contribution >= 4 is 17.5 Å². The Hall–Kier alpha value is -3.92. The Balaban J connectivity index is 2.03. The zero-order chi connectivity index (χ0) is 21.8. The Kier molecular flexibility index (Phi) is 5.98. The van der Waals surface area contributed by atoms with Crippen LogP contribution in [0.5, 0.6) is 0 Å². The number of anilines is 1. The molecule has 0 aliphatic carbocycles. The average Bonchev–Trinajstić information content (AvgIpc) is 3.12. The molecule has 7 nitrogen and oxygen atoms in total. The Morgan fingerprint density at radius 1 is 1.13 bits per heavy atom. The van der Waals surface area contributed by atoms with E-state index in [1.807, 2.05) is 32.0 Å². The van der Waals surface area contributed by atoms with Crippen LogP contribution in [0.25, 0.3) is 5.69 Å². The van der Waals surface area contributed by atoms with Gasteiger partial charge >= 0.3 is 0 Å². The summed E-state index contributed by atoms with van der Waals surface area (Å²) >= 11 is 0. The molecule has 0 bridgehead atoms. The van der Waals surface area contributed by atoms with Crippen LogP contribution in [0.15, 0.2) is 42.5 Å². The zero-order valence-electron chi connectivity index (χ0n) is 17.4. The van der Waals surface area contributed by atoms with Gasteiger partial charge in [-0.3, -0.25) is 14.5 Å². The number of amides is 2. The highest BCUT2D eigenvalue weighted by Crippen LogP contribution is 2.20. The molecule has 7 heteroatoms. The first-order valence-corrected chi connectivity index (χ1v) is 9.44. The summed E-state index contributed by atoms with van der Waals surface area (Å²) in [7, 11) is 1.52. The van der Waals surface area contributed by atoms with Gasteiger partial charge in [-0.2, -0.15) is 9.90 Å². The van der Waals surface area contributed by atoms with Gasteiger partial charge in [-0.25, -0.2) is 0 Å². The van der Waals surface area contributed by atoms with Crippen LogP contribution in [0.4, 0.5) is 5.69 Å². The van der Waals surface area contributed by atoms with Crippen LogP contribution in [0, 0.1) is 33.1 Å². The van der Waals surface area contributed by atoms with E-state index in [9.17, 15) is 9.59 Å². The van der Waals surface area contributed by atoms with Crippen molar-refractivity contribution in [2.75, 3.05) is 18.5 Å². The molecule has 152 valence electrons. The summed E-state index contributed by atoms with van der Waals surface area (Å²) in [5.74, 6) is 1.80. The van der Waals surface area contributed by atoms with E-state index in [0.717, 1.165) is 16.8 Å². The van der Waals surface area contributed by atoms with E-state index < -0.39 is 5.91 Å². The smallest absolute Gasteiger partial charge is 0.281 e. The topological polar surface area (TPSA) is 80.1 Å². The quantitative estimate of drug-likeness (QED) is 0.667. The number of rotatable bonds is 5. The number of aryl methyl sites for hydroxylation is 3. The molecule has 0 spiro atoms. The largest absolute Gasteiger partial charge is 0.358 e. The van der Waals surface area contributed by atoms with Crippen molar-refractivity contribution in [2.24, 2.45) is 0 Å². The van der Waals surface area contributed by atoms with Crippen molar-refractivity contribution in [1.82, 2.24) is 20.3 Å². The summed E-state index contributed by atoms with van der Waals surface area (Å²) < 4.78 is 0. The molecule has 0 radical (unpaired) electrons.